The Morgan fingerprint density at radius 1 is 1.10 bits per heavy atom. The van der Waals surface area contributed by atoms with Crippen LogP contribution < -0.4 is 11.1 Å². The van der Waals surface area contributed by atoms with Crippen LogP contribution in [0, 0.1) is 0 Å². The minimum atomic E-state index is -1.08. The first-order valence-electron chi connectivity index (χ1n) is 5.67. The SMILES string of the molecule is Nc1cc(C(=O)O)ccc1NC(=O)c1cccc(Cl)c1. The number of carboxylic acid groups (broad SMARTS) is 1. The van der Waals surface area contributed by atoms with Gasteiger partial charge in [-0.25, -0.2) is 4.79 Å². The number of rotatable bonds is 3. The number of carbonyl (C=O) groups excluding carboxylic acids is 1. The van der Waals surface area contributed by atoms with Crippen LogP contribution in [0.1, 0.15) is 20.7 Å². The van der Waals surface area contributed by atoms with E-state index in [1.54, 1.807) is 18.2 Å². The van der Waals surface area contributed by atoms with Gasteiger partial charge >= 0.3 is 5.97 Å². The summed E-state index contributed by atoms with van der Waals surface area (Å²) in [6, 6.07) is 10.6. The van der Waals surface area contributed by atoms with Gasteiger partial charge in [-0.15, -0.1) is 0 Å². The Kier molecular flexibility index (Phi) is 3.91. The number of nitrogens with one attached hydrogen (secondary N) is 1. The Morgan fingerprint density at radius 2 is 1.85 bits per heavy atom. The smallest absolute Gasteiger partial charge is 0.335 e. The van der Waals surface area contributed by atoms with E-state index in [2.05, 4.69) is 5.32 Å². The summed E-state index contributed by atoms with van der Waals surface area (Å²) >= 11 is 5.81. The number of hydrogen-bond donors (Lipinski definition) is 3. The highest BCUT2D eigenvalue weighted by Gasteiger charge is 2.10. The Balaban J connectivity index is 2.22. The molecule has 5 nitrogen and oxygen atoms in total. The number of amides is 1. The number of nitrogens with two attached hydrogens (primary N) is 1. The van der Waals surface area contributed by atoms with E-state index in [-0.39, 0.29) is 17.2 Å². The van der Waals surface area contributed by atoms with Crippen molar-refractivity contribution in [3.63, 3.8) is 0 Å². The van der Waals surface area contributed by atoms with Crippen LogP contribution in [0.5, 0.6) is 0 Å². The molecule has 0 radical (unpaired) electrons. The fourth-order valence-corrected chi connectivity index (χ4v) is 1.82. The summed E-state index contributed by atoms with van der Waals surface area (Å²) in [5.74, 6) is -1.45. The van der Waals surface area contributed by atoms with E-state index in [1.165, 1.54) is 24.3 Å². The highest BCUT2D eigenvalue weighted by atomic mass is 35.5. The van der Waals surface area contributed by atoms with Crippen molar-refractivity contribution in [2.24, 2.45) is 0 Å². The Hall–Kier alpha value is -2.53. The van der Waals surface area contributed by atoms with Crippen molar-refractivity contribution in [2.45, 2.75) is 0 Å². The highest BCUT2D eigenvalue weighted by molar-refractivity contribution is 6.31. The molecule has 0 heterocycles. The summed E-state index contributed by atoms with van der Waals surface area (Å²) in [6.07, 6.45) is 0. The van der Waals surface area contributed by atoms with Crippen molar-refractivity contribution < 1.29 is 14.7 Å². The molecule has 0 spiro atoms. The zero-order valence-corrected chi connectivity index (χ0v) is 11.0. The Labute approximate surface area is 120 Å². The molecule has 0 aromatic heterocycles. The van der Waals surface area contributed by atoms with Gasteiger partial charge in [0.05, 0.1) is 16.9 Å². The molecule has 0 aliphatic rings. The first kappa shape index (κ1) is 13.9. The van der Waals surface area contributed by atoms with E-state index in [0.717, 1.165) is 0 Å². The standard InChI is InChI=1S/C14H11ClN2O3/c15-10-3-1-2-8(6-10)13(18)17-12-5-4-9(14(19)20)7-11(12)16/h1-7H,16H2,(H,17,18)(H,19,20). The number of benzene rings is 2. The van der Waals surface area contributed by atoms with Crippen molar-refractivity contribution in [3.8, 4) is 0 Å². The molecule has 0 aliphatic carbocycles. The third-order valence-corrected chi connectivity index (χ3v) is 2.87. The van der Waals surface area contributed by atoms with E-state index in [4.69, 9.17) is 22.4 Å². The van der Waals surface area contributed by atoms with Gasteiger partial charge < -0.3 is 16.2 Å². The summed E-state index contributed by atoms with van der Waals surface area (Å²) in [5.41, 5.74) is 6.69. The van der Waals surface area contributed by atoms with Gasteiger partial charge in [-0.05, 0) is 36.4 Å². The van der Waals surface area contributed by atoms with Gasteiger partial charge in [-0.2, -0.15) is 0 Å². The maximum atomic E-state index is 12.0. The molecule has 0 saturated carbocycles. The number of hydrogen-bond acceptors (Lipinski definition) is 3. The van der Waals surface area contributed by atoms with E-state index >= 15 is 0 Å². The van der Waals surface area contributed by atoms with Crippen molar-refractivity contribution in [1.29, 1.82) is 0 Å². The third kappa shape index (κ3) is 3.07. The summed E-state index contributed by atoms with van der Waals surface area (Å²) in [7, 11) is 0. The normalized spacial score (nSPS) is 10.1. The van der Waals surface area contributed by atoms with Crippen LogP contribution in [0.25, 0.3) is 0 Å². The lowest BCUT2D eigenvalue weighted by atomic mass is 10.1. The van der Waals surface area contributed by atoms with Crippen LogP contribution in [0.15, 0.2) is 42.5 Å². The second kappa shape index (κ2) is 5.63. The van der Waals surface area contributed by atoms with Crippen molar-refractivity contribution in [1.82, 2.24) is 0 Å². The average Bonchev–Trinajstić information content (AvgIpc) is 2.40. The van der Waals surface area contributed by atoms with Gasteiger partial charge in [-0.3, -0.25) is 4.79 Å². The molecule has 102 valence electrons. The van der Waals surface area contributed by atoms with E-state index in [1.807, 2.05) is 0 Å². The van der Waals surface area contributed by atoms with Crippen LogP contribution >= 0.6 is 11.6 Å². The number of nitrogen functional groups attached to an aromatic ring is 1. The number of anilines is 2. The first-order chi connectivity index (χ1) is 9.47. The van der Waals surface area contributed by atoms with Gasteiger partial charge in [0.15, 0.2) is 0 Å². The van der Waals surface area contributed by atoms with Gasteiger partial charge in [0.1, 0.15) is 0 Å². The quantitative estimate of drug-likeness (QED) is 0.758. The maximum Gasteiger partial charge on any atom is 0.335 e. The molecule has 1 amide bonds. The summed E-state index contributed by atoms with van der Waals surface area (Å²) in [6.45, 7) is 0. The number of aromatic carboxylic acids is 1. The van der Waals surface area contributed by atoms with Crippen LogP contribution in [0.3, 0.4) is 0 Å². The zero-order chi connectivity index (χ0) is 14.7. The molecule has 0 saturated heterocycles. The van der Waals surface area contributed by atoms with Gasteiger partial charge in [0.25, 0.3) is 5.91 Å². The predicted molar refractivity (Wildman–Crippen MR) is 77.2 cm³/mol. The second-order valence-corrected chi connectivity index (χ2v) is 4.51. The Morgan fingerprint density at radius 3 is 2.45 bits per heavy atom. The lowest BCUT2D eigenvalue weighted by molar-refractivity contribution is 0.0697. The lowest BCUT2D eigenvalue weighted by Gasteiger charge is -2.09. The molecular formula is C14H11ClN2O3. The summed E-state index contributed by atoms with van der Waals surface area (Å²) in [5, 5.41) is 11.9. The van der Waals surface area contributed by atoms with Gasteiger partial charge in [0.2, 0.25) is 0 Å². The molecule has 2 aromatic carbocycles. The Bertz CT molecular complexity index is 686. The molecule has 0 unspecified atom stereocenters. The van der Waals surface area contributed by atoms with Crippen LogP contribution in [-0.2, 0) is 0 Å². The van der Waals surface area contributed by atoms with Crippen molar-refractivity contribution >= 4 is 34.9 Å². The molecule has 0 bridgehead atoms. The number of carbonyl (C=O) groups is 2. The molecule has 0 aliphatic heterocycles. The maximum absolute atomic E-state index is 12.0. The fourth-order valence-electron chi connectivity index (χ4n) is 1.63. The van der Waals surface area contributed by atoms with Crippen molar-refractivity contribution in [3.05, 3.63) is 58.6 Å². The third-order valence-electron chi connectivity index (χ3n) is 2.63. The molecule has 0 fully saturated rings. The highest BCUT2D eigenvalue weighted by Crippen LogP contribution is 2.21. The molecule has 2 rings (SSSR count). The molecule has 20 heavy (non-hydrogen) atoms. The predicted octanol–water partition coefficient (Wildman–Crippen LogP) is 2.87. The largest absolute Gasteiger partial charge is 0.478 e. The second-order valence-electron chi connectivity index (χ2n) is 4.07. The monoisotopic (exact) mass is 290 g/mol. The molecular weight excluding hydrogens is 280 g/mol. The molecule has 0 atom stereocenters. The first-order valence-corrected chi connectivity index (χ1v) is 6.05. The van der Waals surface area contributed by atoms with E-state index < -0.39 is 5.97 Å². The molecule has 6 heteroatoms. The van der Waals surface area contributed by atoms with Crippen LogP contribution in [-0.4, -0.2) is 17.0 Å². The van der Waals surface area contributed by atoms with Gasteiger partial charge in [-0.1, -0.05) is 17.7 Å². The summed E-state index contributed by atoms with van der Waals surface area (Å²) < 4.78 is 0. The van der Waals surface area contributed by atoms with E-state index in [9.17, 15) is 9.59 Å². The molecule has 4 N–H and O–H groups in total. The van der Waals surface area contributed by atoms with Gasteiger partial charge in [0, 0.05) is 10.6 Å². The number of carboxylic acids is 1. The number of halogens is 1. The zero-order valence-electron chi connectivity index (χ0n) is 10.3. The minimum Gasteiger partial charge on any atom is -0.478 e. The topological polar surface area (TPSA) is 92.4 Å². The van der Waals surface area contributed by atoms with Crippen LogP contribution in [0.4, 0.5) is 11.4 Å². The molecule has 2 aromatic rings. The average molecular weight is 291 g/mol. The minimum absolute atomic E-state index is 0.0586. The lowest BCUT2D eigenvalue weighted by Crippen LogP contribution is -2.13. The van der Waals surface area contributed by atoms with Crippen LogP contribution in [0.2, 0.25) is 5.02 Å². The van der Waals surface area contributed by atoms with Crippen molar-refractivity contribution in [2.75, 3.05) is 11.1 Å². The van der Waals surface area contributed by atoms with E-state index in [0.29, 0.717) is 16.3 Å². The fraction of sp³-hybridized carbons (Fsp3) is 0. The summed E-state index contributed by atoms with van der Waals surface area (Å²) in [4.78, 5) is 22.8.